The van der Waals surface area contributed by atoms with Crippen molar-refractivity contribution in [3.63, 3.8) is 0 Å². The van der Waals surface area contributed by atoms with E-state index in [-0.39, 0.29) is 0 Å². The molecule has 0 radical (unpaired) electrons. The molecule has 18 heavy (non-hydrogen) atoms. The van der Waals surface area contributed by atoms with Crippen molar-refractivity contribution >= 4 is 0 Å². The Hall–Kier alpha value is -0.900. The summed E-state index contributed by atoms with van der Waals surface area (Å²) in [6.45, 7) is 0.681. The summed E-state index contributed by atoms with van der Waals surface area (Å²) in [6, 6.07) is 0. The summed E-state index contributed by atoms with van der Waals surface area (Å²) in [4.78, 5) is 4.61. The van der Waals surface area contributed by atoms with E-state index >= 15 is 0 Å². The van der Waals surface area contributed by atoms with E-state index in [1.54, 1.807) is 0 Å². The molecule has 0 unspecified atom stereocenters. The van der Waals surface area contributed by atoms with Crippen molar-refractivity contribution in [2.24, 2.45) is 23.7 Å². The third-order valence-corrected chi connectivity index (χ3v) is 5.34. The van der Waals surface area contributed by atoms with E-state index in [1.807, 2.05) is 7.05 Å². The zero-order valence-electron chi connectivity index (χ0n) is 10.9. The van der Waals surface area contributed by atoms with Crippen LogP contribution in [0.1, 0.15) is 49.7 Å². The lowest BCUT2D eigenvalue weighted by molar-refractivity contribution is -0.00629. The Morgan fingerprint density at radius 2 is 1.78 bits per heavy atom. The Bertz CT molecular complexity index is 414. The maximum Gasteiger partial charge on any atom is 0.240 e. The van der Waals surface area contributed by atoms with Crippen molar-refractivity contribution in [2.75, 3.05) is 7.05 Å². The van der Waals surface area contributed by atoms with E-state index in [4.69, 9.17) is 4.52 Å². The maximum absolute atomic E-state index is 5.34. The van der Waals surface area contributed by atoms with Crippen molar-refractivity contribution in [3.05, 3.63) is 11.7 Å². The summed E-state index contributed by atoms with van der Waals surface area (Å²) in [6.07, 6.45) is 7.14. The quantitative estimate of drug-likeness (QED) is 0.890. The highest BCUT2D eigenvalue weighted by Crippen LogP contribution is 2.59. The summed E-state index contributed by atoms with van der Waals surface area (Å²) >= 11 is 0. The van der Waals surface area contributed by atoms with Crippen LogP contribution in [-0.2, 0) is 6.54 Å². The fourth-order valence-electron chi connectivity index (χ4n) is 4.97. The molecule has 0 atom stereocenters. The first kappa shape index (κ1) is 11.0. The first-order chi connectivity index (χ1) is 8.83. The summed E-state index contributed by atoms with van der Waals surface area (Å²) in [7, 11) is 1.91. The van der Waals surface area contributed by atoms with Crippen LogP contribution in [0.25, 0.3) is 0 Å². The molecular weight excluding hydrogens is 226 g/mol. The van der Waals surface area contributed by atoms with Gasteiger partial charge >= 0.3 is 0 Å². The third kappa shape index (κ3) is 1.62. The van der Waals surface area contributed by atoms with Gasteiger partial charge in [-0.3, -0.25) is 0 Å². The number of hydrogen-bond acceptors (Lipinski definition) is 4. The molecular formula is C14H21N3O. The second kappa shape index (κ2) is 4.05. The van der Waals surface area contributed by atoms with Crippen LogP contribution in [0.4, 0.5) is 0 Å². The van der Waals surface area contributed by atoms with Crippen LogP contribution in [0, 0.1) is 23.7 Å². The summed E-state index contributed by atoms with van der Waals surface area (Å²) in [5, 5.41) is 7.32. The standard InChI is InChI=1S/C14H21N3O/c1-15-7-12-16-14(17-18-12)13-10-3-8-2-9(5-10)6-11(13)4-8/h8-11,13,15H,2-7H2,1H3. The van der Waals surface area contributed by atoms with Gasteiger partial charge in [-0.15, -0.1) is 0 Å². The summed E-state index contributed by atoms with van der Waals surface area (Å²) in [5.41, 5.74) is 0. The molecule has 4 heteroatoms. The van der Waals surface area contributed by atoms with Gasteiger partial charge in [0.05, 0.1) is 6.54 Å². The van der Waals surface area contributed by atoms with Crippen molar-refractivity contribution in [1.29, 1.82) is 0 Å². The van der Waals surface area contributed by atoms with Gasteiger partial charge < -0.3 is 9.84 Å². The van der Waals surface area contributed by atoms with Gasteiger partial charge in [0.25, 0.3) is 0 Å². The molecule has 1 aromatic heterocycles. The molecule has 4 aliphatic carbocycles. The molecule has 4 aliphatic rings. The van der Waals surface area contributed by atoms with Crippen LogP contribution >= 0.6 is 0 Å². The van der Waals surface area contributed by atoms with Gasteiger partial charge in [-0.1, -0.05) is 5.16 Å². The van der Waals surface area contributed by atoms with E-state index < -0.39 is 0 Å². The maximum atomic E-state index is 5.34. The molecule has 4 bridgehead atoms. The lowest BCUT2D eigenvalue weighted by Crippen LogP contribution is -2.44. The minimum atomic E-state index is 0.590. The fourth-order valence-corrected chi connectivity index (χ4v) is 4.97. The van der Waals surface area contributed by atoms with Gasteiger partial charge in [-0.25, -0.2) is 0 Å². The Morgan fingerprint density at radius 3 is 2.39 bits per heavy atom. The molecule has 1 N–H and O–H groups in total. The van der Waals surface area contributed by atoms with Crippen molar-refractivity contribution in [3.8, 4) is 0 Å². The lowest BCUT2D eigenvalue weighted by Gasteiger charge is -2.53. The number of rotatable bonds is 3. The lowest BCUT2D eigenvalue weighted by atomic mass is 9.52. The van der Waals surface area contributed by atoms with Gasteiger partial charge in [0.15, 0.2) is 5.82 Å². The molecule has 4 saturated carbocycles. The summed E-state index contributed by atoms with van der Waals surface area (Å²) < 4.78 is 5.34. The Labute approximate surface area is 108 Å². The second-order valence-electron chi connectivity index (χ2n) is 6.53. The average molecular weight is 247 g/mol. The molecule has 1 aromatic rings. The molecule has 4 fully saturated rings. The zero-order chi connectivity index (χ0) is 12.1. The van der Waals surface area contributed by atoms with E-state index in [1.165, 1.54) is 32.1 Å². The normalized spacial score (nSPS) is 41.5. The van der Waals surface area contributed by atoms with Gasteiger partial charge in [0.1, 0.15) is 0 Å². The number of hydrogen-bond donors (Lipinski definition) is 1. The highest BCUT2D eigenvalue weighted by molar-refractivity contribution is 5.10. The molecule has 0 amide bonds. The molecule has 98 valence electrons. The van der Waals surface area contributed by atoms with Gasteiger partial charge in [0, 0.05) is 5.92 Å². The monoisotopic (exact) mass is 247 g/mol. The zero-order valence-corrected chi connectivity index (χ0v) is 10.9. The fraction of sp³-hybridized carbons (Fsp3) is 0.857. The number of nitrogens with zero attached hydrogens (tertiary/aromatic N) is 2. The Kier molecular flexibility index (Phi) is 2.47. The van der Waals surface area contributed by atoms with Gasteiger partial charge in [-0.05, 0) is 62.8 Å². The average Bonchev–Trinajstić information content (AvgIpc) is 2.76. The predicted octanol–water partition coefficient (Wildman–Crippen LogP) is 2.33. The number of nitrogens with one attached hydrogen (secondary N) is 1. The molecule has 5 rings (SSSR count). The Morgan fingerprint density at radius 1 is 1.11 bits per heavy atom. The predicted molar refractivity (Wildman–Crippen MR) is 66.8 cm³/mol. The van der Waals surface area contributed by atoms with Crippen LogP contribution in [0.3, 0.4) is 0 Å². The molecule has 1 heterocycles. The first-order valence-electron chi connectivity index (χ1n) is 7.30. The van der Waals surface area contributed by atoms with E-state index in [0.29, 0.717) is 12.5 Å². The van der Waals surface area contributed by atoms with Crippen LogP contribution in [-0.4, -0.2) is 17.2 Å². The second-order valence-corrected chi connectivity index (χ2v) is 6.53. The molecule has 0 spiro atoms. The van der Waals surface area contributed by atoms with Crippen LogP contribution in [0.5, 0.6) is 0 Å². The largest absolute Gasteiger partial charge is 0.338 e. The highest BCUT2D eigenvalue weighted by atomic mass is 16.5. The SMILES string of the molecule is CNCc1nc(C2C3CC4CC(C3)CC2C4)no1. The Balaban J connectivity index is 1.60. The van der Waals surface area contributed by atoms with Crippen LogP contribution in [0.2, 0.25) is 0 Å². The minimum Gasteiger partial charge on any atom is -0.338 e. The third-order valence-electron chi connectivity index (χ3n) is 5.34. The smallest absolute Gasteiger partial charge is 0.240 e. The first-order valence-corrected chi connectivity index (χ1v) is 7.30. The summed E-state index contributed by atoms with van der Waals surface area (Å²) in [5.74, 6) is 6.00. The van der Waals surface area contributed by atoms with Crippen LogP contribution in [0.15, 0.2) is 4.52 Å². The van der Waals surface area contributed by atoms with Crippen LogP contribution < -0.4 is 5.32 Å². The van der Waals surface area contributed by atoms with Crippen molar-refractivity contribution in [1.82, 2.24) is 15.5 Å². The topological polar surface area (TPSA) is 51.0 Å². The minimum absolute atomic E-state index is 0.590. The van der Waals surface area contributed by atoms with E-state index in [2.05, 4.69) is 15.5 Å². The van der Waals surface area contributed by atoms with Crippen molar-refractivity contribution in [2.45, 2.75) is 44.6 Å². The van der Waals surface area contributed by atoms with Gasteiger partial charge in [-0.2, -0.15) is 4.98 Å². The number of aromatic nitrogens is 2. The molecule has 0 aromatic carbocycles. The van der Waals surface area contributed by atoms with E-state index in [9.17, 15) is 0 Å². The van der Waals surface area contributed by atoms with Crippen molar-refractivity contribution < 1.29 is 4.52 Å². The molecule has 0 aliphatic heterocycles. The van der Waals surface area contributed by atoms with E-state index in [0.717, 1.165) is 35.4 Å². The molecule has 0 saturated heterocycles. The molecule has 4 nitrogen and oxygen atoms in total. The highest BCUT2D eigenvalue weighted by Gasteiger charge is 2.50. The van der Waals surface area contributed by atoms with Gasteiger partial charge in [0.2, 0.25) is 5.89 Å².